The van der Waals surface area contributed by atoms with Gasteiger partial charge in [-0.1, -0.05) is 60.7 Å². The van der Waals surface area contributed by atoms with Crippen molar-refractivity contribution in [3.63, 3.8) is 0 Å². The van der Waals surface area contributed by atoms with Crippen LogP contribution in [0.25, 0.3) is 22.3 Å². The zero-order chi connectivity index (χ0) is 13.1. The lowest BCUT2D eigenvalue weighted by molar-refractivity contribution is 1.58. The molecule has 0 spiro atoms. The Morgan fingerprint density at radius 3 is 1.63 bits per heavy atom. The molecule has 1 heteroatoms. The molecule has 3 rings (SSSR count). The van der Waals surface area contributed by atoms with Crippen LogP contribution < -0.4 is 5.73 Å². The summed E-state index contributed by atoms with van der Waals surface area (Å²) in [6.07, 6.45) is 0. The van der Waals surface area contributed by atoms with Crippen molar-refractivity contribution < 1.29 is 0 Å². The van der Waals surface area contributed by atoms with Gasteiger partial charge in [-0.25, -0.2) is 0 Å². The molecule has 19 heavy (non-hydrogen) atoms. The van der Waals surface area contributed by atoms with Gasteiger partial charge in [-0.3, -0.25) is 0 Å². The Labute approximate surface area is 113 Å². The van der Waals surface area contributed by atoms with Crippen molar-refractivity contribution in [3.8, 4) is 22.3 Å². The lowest BCUT2D eigenvalue weighted by Crippen LogP contribution is -1.84. The number of hydrogen-bond acceptors (Lipinski definition) is 1. The molecule has 2 N–H and O–H groups in total. The summed E-state index contributed by atoms with van der Waals surface area (Å²) in [7, 11) is 0. The van der Waals surface area contributed by atoms with Crippen molar-refractivity contribution in [3.05, 3.63) is 78.9 Å². The molecule has 92 valence electrons. The predicted octanol–water partition coefficient (Wildman–Crippen LogP) is 4.60. The van der Waals surface area contributed by atoms with E-state index in [1.165, 1.54) is 22.3 Å². The van der Waals surface area contributed by atoms with E-state index in [-0.39, 0.29) is 0 Å². The van der Waals surface area contributed by atoms with E-state index in [1.54, 1.807) is 0 Å². The summed E-state index contributed by atoms with van der Waals surface area (Å²) < 4.78 is 0. The van der Waals surface area contributed by atoms with Crippen molar-refractivity contribution in [2.45, 2.75) is 0 Å². The van der Waals surface area contributed by atoms with Crippen LogP contribution >= 0.6 is 0 Å². The maximum atomic E-state index is 5.73. The molecule has 1 nitrogen and oxygen atoms in total. The Bertz CT molecular complexity index is 670. The molecule has 0 aliphatic carbocycles. The molecule has 0 amide bonds. The summed E-state index contributed by atoms with van der Waals surface area (Å²) in [5, 5.41) is 0. The number of nitrogen functional groups attached to an aromatic ring is 1. The minimum absolute atomic E-state index is 0.794. The SMILES string of the molecule is Nc1ccc(-c2cccc(-c3ccccc3)c2)cc1. The Morgan fingerprint density at radius 2 is 1.00 bits per heavy atom. The van der Waals surface area contributed by atoms with Gasteiger partial charge < -0.3 is 5.73 Å². The predicted molar refractivity (Wildman–Crippen MR) is 81.7 cm³/mol. The molecule has 0 heterocycles. The fourth-order valence-corrected chi connectivity index (χ4v) is 2.18. The van der Waals surface area contributed by atoms with E-state index in [1.807, 2.05) is 18.2 Å². The lowest BCUT2D eigenvalue weighted by Gasteiger charge is -2.06. The maximum absolute atomic E-state index is 5.73. The van der Waals surface area contributed by atoms with Crippen LogP contribution in [-0.4, -0.2) is 0 Å². The lowest BCUT2D eigenvalue weighted by atomic mass is 9.99. The largest absolute Gasteiger partial charge is 0.399 e. The number of anilines is 1. The first kappa shape index (κ1) is 11.5. The highest BCUT2D eigenvalue weighted by molar-refractivity contribution is 5.73. The quantitative estimate of drug-likeness (QED) is 0.656. The van der Waals surface area contributed by atoms with Gasteiger partial charge in [0.1, 0.15) is 0 Å². The summed E-state index contributed by atoms with van der Waals surface area (Å²) >= 11 is 0. The minimum Gasteiger partial charge on any atom is -0.399 e. The van der Waals surface area contributed by atoms with Gasteiger partial charge in [-0.2, -0.15) is 0 Å². The van der Waals surface area contributed by atoms with Crippen LogP contribution in [0.1, 0.15) is 0 Å². The molecule has 0 unspecified atom stereocenters. The summed E-state index contributed by atoms with van der Waals surface area (Å²) in [6.45, 7) is 0. The molecule has 3 aromatic rings. The van der Waals surface area contributed by atoms with E-state index < -0.39 is 0 Å². The van der Waals surface area contributed by atoms with Gasteiger partial charge in [-0.05, 0) is 40.5 Å². The molecule has 0 aromatic heterocycles. The molecule has 0 saturated carbocycles. The number of hydrogen-bond donors (Lipinski definition) is 1. The van der Waals surface area contributed by atoms with Crippen LogP contribution in [0.4, 0.5) is 5.69 Å². The summed E-state index contributed by atoms with van der Waals surface area (Å²) in [5.41, 5.74) is 11.4. The Kier molecular flexibility index (Phi) is 3.03. The fraction of sp³-hybridized carbons (Fsp3) is 0. The van der Waals surface area contributed by atoms with Crippen LogP contribution in [0.15, 0.2) is 78.9 Å². The van der Waals surface area contributed by atoms with Crippen molar-refractivity contribution >= 4 is 5.69 Å². The van der Waals surface area contributed by atoms with Gasteiger partial charge in [-0.15, -0.1) is 0 Å². The van der Waals surface area contributed by atoms with Crippen LogP contribution in [0, 0.1) is 0 Å². The zero-order valence-electron chi connectivity index (χ0n) is 10.6. The monoisotopic (exact) mass is 245 g/mol. The third-order valence-corrected chi connectivity index (χ3v) is 3.21. The summed E-state index contributed by atoms with van der Waals surface area (Å²) in [5.74, 6) is 0. The molecule has 0 aliphatic heterocycles. The smallest absolute Gasteiger partial charge is 0.0314 e. The van der Waals surface area contributed by atoms with Crippen LogP contribution in [-0.2, 0) is 0 Å². The zero-order valence-corrected chi connectivity index (χ0v) is 10.6. The first-order valence-corrected chi connectivity index (χ1v) is 6.34. The van der Waals surface area contributed by atoms with E-state index in [9.17, 15) is 0 Å². The average Bonchev–Trinajstić information content (AvgIpc) is 2.49. The van der Waals surface area contributed by atoms with Crippen molar-refractivity contribution in [1.29, 1.82) is 0 Å². The normalized spacial score (nSPS) is 10.3. The van der Waals surface area contributed by atoms with E-state index in [0.29, 0.717) is 0 Å². The third kappa shape index (κ3) is 2.50. The number of nitrogens with two attached hydrogens (primary N) is 1. The Morgan fingerprint density at radius 1 is 0.474 bits per heavy atom. The highest BCUT2D eigenvalue weighted by Crippen LogP contribution is 2.26. The van der Waals surface area contributed by atoms with Gasteiger partial charge >= 0.3 is 0 Å². The first-order valence-electron chi connectivity index (χ1n) is 6.34. The first-order chi connectivity index (χ1) is 9.33. The number of rotatable bonds is 2. The molecule has 0 fully saturated rings. The average molecular weight is 245 g/mol. The van der Waals surface area contributed by atoms with Crippen LogP contribution in [0.5, 0.6) is 0 Å². The highest BCUT2D eigenvalue weighted by Gasteiger charge is 2.01. The molecular weight excluding hydrogens is 230 g/mol. The van der Waals surface area contributed by atoms with Gasteiger partial charge in [0, 0.05) is 5.69 Å². The molecule has 0 atom stereocenters. The van der Waals surface area contributed by atoms with Crippen LogP contribution in [0.3, 0.4) is 0 Å². The number of benzene rings is 3. The summed E-state index contributed by atoms with van der Waals surface area (Å²) in [4.78, 5) is 0. The van der Waals surface area contributed by atoms with Gasteiger partial charge in [0.25, 0.3) is 0 Å². The van der Waals surface area contributed by atoms with Gasteiger partial charge in [0.05, 0.1) is 0 Å². The van der Waals surface area contributed by atoms with Crippen molar-refractivity contribution in [2.24, 2.45) is 0 Å². The second-order valence-corrected chi connectivity index (χ2v) is 4.57. The topological polar surface area (TPSA) is 26.0 Å². The second-order valence-electron chi connectivity index (χ2n) is 4.57. The molecule has 0 aliphatic rings. The second kappa shape index (κ2) is 4.99. The maximum Gasteiger partial charge on any atom is 0.0314 e. The Hall–Kier alpha value is -2.54. The van der Waals surface area contributed by atoms with Gasteiger partial charge in [0.2, 0.25) is 0 Å². The van der Waals surface area contributed by atoms with E-state index in [2.05, 4.69) is 60.7 Å². The fourth-order valence-electron chi connectivity index (χ4n) is 2.18. The minimum atomic E-state index is 0.794. The van der Waals surface area contributed by atoms with E-state index in [0.717, 1.165) is 5.69 Å². The Balaban J connectivity index is 2.03. The third-order valence-electron chi connectivity index (χ3n) is 3.21. The standard InChI is InChI=1S/C18H15N/c19-18-11-9-15(10-12-18)17-8-4-7-16(13-17)14-5-2-1-3-6-14/h1-13H,19H2. The van der Waals surface area contributed by atoms with Crippen molar-refractivity contribution in [2.75, 3.05) is 5.73 Å². The van der Waals surface area contributed by atoms with Crippen LogP contribution in [0.2, 0.25) is 0 Å². The highest BCUT2D eigenvalue weighted by atomic mass is 14.5. The van der Waals surface area contributed by atoms with E-state index in [4.69, 9.17) is 5.73 Å². The van der Waals surface area contributed by atoms with E-state index >= 15 is 0 Å². The van der Waals surface area contributed by atoms with Crippen molar-refractivity contribution in [1.82, 2.24) is 0 Å². The molecule has 0 saturated heterocycles. The molecule has 0 radical (unpaired) electrons. The summed E-state index contributed by atoms with van der Waals surface area (Å²) in [6, 6.07) is 26.9. The molecule has 0 bridgehead atoms. The van der Waals surface area contributed by atoms with Gasteiger partial charge in [0.15, 0.2) is 0 Å². The molecular formula is C18H15N. The molecule has 3 aromatic carbocycles.